The summed E-state index contributed by atoms with van der Waals surface area (Å²) in [4.78, 5) is 24.3. The number of benzene rings is 3. The van der Waals surface area contributed by atoms with Crippen molar-refractivity contribution in [3.05, 3.63) is 101 Å². The molecule has 3 aromatic carbocycles. The standard InChI is InChI=1S/C24H22ClN3O2/c1-17(27-28-23(29)16-7-18-5-3-2-4-6-18)19-10-14-22(15-11-19)26-24(30)20-8-12-21(25)13-9-20/h2-6,8-15H,7,16H2,1H3,(H,26,30)(H,28,29). The SMILES string of the molecule is CC(=NNC(=O)CCc1ccccc1)c1ccc(NC(=O)c2ccc(Cl)cc2)cc1. The first kappa shape index (κ1) is 21.3. The molecule has 2 amide bonds. The van der Waals surface area contributed by atoms with Crippen LogP contribution in [0.25, 0.3) is 0 Å². The molecule has 6 heteroatoms. The highest BCUT2D eigenvalue weighted by Crippen LogP contribution is 2.14. The summed E-state index contributed by atoms with van der Waals surface area (Å²) in [5, 5.41) is 7.59. The van der Waals surface area contributed by atoms with E-state index in [1.54, 1.807) is 36.4 Å². The monoisotopic (exact) mass is 419 g/mol. The number of nitrogens with zero attached hydrogens (tertiary/aromatic N) is 1. The second kappa shape index (κ2) is 10.4. The Kier molecular flexibility index (Phi) is 7.35. The van der Waals surface area contributed by atoms with Gasteiger partial charge in [-0.3, -0.25) is 9.59 Å². The van der Waals surface area contributed by atoms with E-state index in [0.717, 1.165) is 11.1 Å². The third kappa shape index (κ3) is 6.29. The van der Waals surface area contributed by atoms with Crippen LogP contribution >= 0.6 is 11.6 Å². The predicted molar refractivity (Wildman–Crippen MR) is 121 cm³/mol. The summed E-state index contributed by atoms with van der Waals surface area (Å²) < 4.78 is 0. The Morgan fingerprint density at radius 3 is 2.17 bits per heavy atom. The number of hydrogen-bond donors (Lipinski definition) is 2. The first-order valence-corrected chi connectivity index (χ1v) is 9.93. The van der Waals surface area contributed by atoms with E-state index in [-0.39, 0.29) is 11.8 Å². The molecule has 0 spiro atoms. The first-order valence-electron chi connectivity index (χ1n) is 9.55. The average Bonchev–Trinajstić information content (AvgIpc) is 2.77. The number of hydrogen-bond acceptors (Lipinski definition) is 3. The summed E-state index contributed by atoms with van der Waals surface area (Å²) in [6.07, 6.45) is 1.04. The molecule has 3 rings (SSSR count). The van der Waals surface area contributed by atoms with Crippen molar-refractivity contribution in [3.63, 3.8) is 0 Å². The molecule has 152 valence electrons. The van der Waals surface area contributed by atoms with Crippen molar-refractivity contribution < 1.29 is 9.59 Å². The highest BCUT2D eigenvalue weighted by Gasteiger charge is 2.07. The van der Waals surface area contributed by atoms with Crippen LogP contribution in [0.4, 0.5) is 5.69 Å². The number of anilines is 1. The van der Waals surface area contributed by atoms with Gasteiger partial charge in [-0.05, 0) is 60.9 Å². The Bertz CT molecular complexity index is 1030. The van der Waals surface area contributed by atoms with Crippen LogP contribution in [0.15, 0.2) is 84.0 Å². The van der Waals surface area contributed by atoms with Gasteiger partial charge in [0.2, 0.25) is 5.91 Å². The van der Waals surface area contributed by atoms with Crippen molar-refractivity contribution in [2.24, 2.45) is 5.10 Å². The third-order valence-corrected chi connectivity index (χ3v) is 4.75. The fourth-order valence-corrected chi connectivity index (χ4v) is 2.89. The predicted octanol–water partition coefficient (Wildman–Crippen LogP) is 5.07. The van der Waals surface area contributed by atoms with Gasteiger partial charge in [-0.15, -0.1) is 0 Å². The molecule has 0 unspecified atom stereocenters. The Hall–Kier alpha value is -3.44. The number of carbonyl (C=O) groups excluding carboxylic acids is 2. The zero-order chi connectivity index (χ0) is 21.3. The third-order valence-electron chi connectivity index (χ3n) is 4.50. The number of nitrogens with one attached hydrogen (secondary N) is 2. The van der Waals surface area contributed by atoms with Crippen LogP contribution in [-0.2, 0) is 11.2 Å². The molecule has 0 aliphatic heterocycles. The van der Waals surface area contributed by atoms with Crippen LogP contribution in [0, 0.1) is 0 Å². The van der Waals surface area contributed by atoms with Crippen LogP contribution in [0.5, 0.6) is 0 Å². The maximum absolute atomic E-state index is 12.3. The molecule has 0 radical (unpaired) electrons. The fraction of sp³-hybridized carbons (Fsp3) is 0.125. The van der Waals surface area contributed by atoms with E-state index in [2.05, 4.69) is 15.8 Å². The highest BCUT2D eigenvalue weighted by atomic mass is 35.5. The molecule has 30 heavy (non-hydrogen) atoms. The van der Waals surface area contributed by atoms with Gasteiger partial charge in [-0.25, -0.2) is 5.43 Å². The van der Waals surface area contributed by atoms with Gasteiger partial charge in [0.15, 0.2) is 0 Å². The highest BCUT2D eigenvalue weighted by molar-refractivity contribution is 6.30. The van der Waals surface area contributed by atoms with Crippen LogP contribution in [0.3, 0.4) is 0 Å². The van der Waals surface area contributed by atoms with E-state index in [1.807, 2.05) is 49.4 Å². The van der Waals surface area contributed by atoms with Gasteiger partial charge in [-0.2, -0.15) is 5.10 Å². The lowest BCUT2D eigenvalue weighted by atomic mass is 10.1. The van der Waals surface area contributed by atoms with Crippen LogP contribution < -0.4 is 10.7 Å². The normalized spacial score (nSPS) is 11.1. The summed E-state index contributed by atoms with van der Waals surface area (Å²) in [7, 11) is 0. The number of carbonyl (C=O) groups is 2. The minimum atomic E-state index is -0.213. The molecular formula is C24H22ClN3O2. The van der Waals surface area contributed by atoms with Gasteiger partial charge >= 0.3 is 0 Å². The average molecular weight is 420 g/mol. The molecule has 0 aromatic heterocycles. The molecule has 0 heterocycles. The number of aryl methyl sites for hydroxylation is 1. The molecule has 3 aromatic rings. The van der Waals surface area contributed by atoms with E-state index >= 15 is 0 Å². The fourth-order valence-electron chi connectivity index (χ4n) is 2.77. The zero-order valence-electron chi connectivity index (χ0n) is 16.6. The lowest BCUT2D eigenvalue weighted by Crippen LogP contribution is -2.19. The zero-order valence-corrected chi connectivity index (χ0v) is 17.3. The van der Waals surface area contributed by atoms with E-state index in [4.69, 9.17) is 11.6 Å². The quantitative estimate of drug-likeness (QED) is 0.414. The van der Waals surface area contributed by atoms with Gasteiger partial charge in [-0.1, -0.05) is 54.1 Å². The Balaban J connectivity index is 1.52. The number of rotatable bonds is 7. The Morgan fingerprint density at radius 1 is 0.867 bits per heavy atom. The number of hydrazone groups is 1. The maximum atomic E-state index is 12.3. The second-order valence-corrected chi connectivity index (χ2v) is 7.19. The number of amides is 2. The van der Waals surface area contributed by atoms with Gasteiger partial charge in [0, 0.05) is 22.7 Å². The van der Waals surface area contributed by atoms with Crippen molar-refractivity contribution in [1.82, 2.24) is 5.43 Å². The minimum Gasteiger partial charge on any atom is -0.322 e. The topological polar surface area (TPSA) is 70.6 Å². The summed E-state index contributed by atoms with van der Waals surface area (Å²) >= 11 is 5.85. The largest absolute Gasteiger partial charge is 0.322 e. The van der Waals surface area contributed by atoms with Crippen molar-refractivity contribution in [3.8, 4) is 0 Å². The molecule has 0 fully saturated rings. The summed E-state index contributed by atoms with van der Waals surface area (Å²) in [5.74, 6) is -0.347. The van der Waals surface area contributed by atoms with E-state index in [1.165, 1.54) is 0 Å². The molecule has 0 aliphatic carbocycles. The summed E-state index contributed by atoms with van der Waals surface area (Å²) in [6.45, 7) is 1.82. The Morgan fingerprint density at radius 2 is 1.50 bits per heavy atom. The van der Waals surface area contributed by atoms with E-state index < -0.39 is 0 Å². The molecule has 5 nitrogen and oxygen atoms in total. The van der Waals surface area contributed by atoms with E-state index in [9.17, 15) is 9.59 Å². The summed E-state index contributed by atoms with van der Waals surface area (Å²) in [6, 6.07) is 23.8. The smallest absolute Gasteiger partial charge is 0.255 e. The van der Waals surface area contributed by atoms with Crippen LogP contribution in [0.2, 0.25) is 5.02 Å². The molecule has 0 saturated heterocycles. The van der Waals surface area contributed by atoms with Gasteiger partial charge < -0.3 is 5.32 Å². The van der Waals surface area contributed by atoms with Gasteiger partial charge in [0.1, 0.15) is 0 Å². The molecule has 2 N–H and O–H groups in total. The molecule has 0 saturated carbocycles. The maximum Gasteiger partial charge on any atom is 0.255 e. The van der Waals surface area contributed by atoms with Crippen molar-refractivity contribution in [2.45, 2.75) is 19.8 Å². The van der Waals surface area contributed by atoms with Crippen molar-refractivity contribution >= 4 is 34.8 Å². The van der Waals surface area contributed by atoms with Crippen molar-refractivity contribution in [1.29, 1.82) is 0 Å². The molecule has 0 bridgehead atoms. The van der Waals surface area contributed by atoms with Crippen LogP contribution in [-0.4, -0.2) is 17.5 Å². The van der Waals surface area contributed by atoms with E-state index in [0.29, 0.717) is 34.8 Å². The summed E-state index contributed by atoms with van der Waals surface area (Å²) in [5.41, 5.74) is 6.43. The lowest BCUT2D eigenvalue weighted by molar-refractivity contribution is -0.121. The van der Waals surface area contributed by atoms with Gasteiger partial charge in [0.25, 0.3) is 5.91 Å². The second-order valence-electron chi connectivity index (χ2n) is 6.76. The van der Waals surface area contributed by atoms with Crippen LogP contribution in [0.1, 0.15) is 34.8 Å². The van der Waals surface area contributed by atoms with Gasteiger partial charge in [0.05, 0.1) is 5.71 Å². The molecule has 0 aliphatic rings. The molecular weight excluding hydrogens is 398 g/mol. The Labute approximate surface area is 180 Å². The van der Waals surface area contributed by atoms with Crippen molar-refractivity contribution in [2.75, 3.05) is 5.32 Å². The number of halogens is 1. The minimum absolute atomic E-state index is 0.134. The first-order chi connectivity index (χ1) is 14.5. The molecule has 0 atom stereocenters. The lowest BCUT2D eigenvalue weighted by Gasteiger charge is -2.07.